The Balaban J connectivity index is 1.52. The van der Waals surface area contributed by atoms with E-state index >= 15 is 0 Å². The third kappa shape index (κ3) is 4.31. The van der Waals surface area contributed by atoms with Gasteiger partial charge in [0, 0.05) is 31.3 Å². The van der Waals surface area contributed by atoms with Crippen LogP contribution in [0.2, 0.25) is 0 Å². The molecular weight excluding hydrogens is 524 g/mol. The highest BCUT2D eigenvalue weighted by molar-refractivity contribution is 5.95. The van der Waals surface area contributed by atoms with Crippen LogP contribution in [0.25, 0.3) is 0 Å². The number of carbonyl (C=O) groups is 3. The normalized spacial score (nSPS) is 45.7. The number of allylic oxidation sites excluding steroid dienone is 2. The van der Waals surface area contributed by atoms with Crippen molar-refractivity contribution in [3.8, 4) is 0 Å². The van der Waals surface area contributed by atoms with Gasteiger partial charge in [-0.3, -0.25) is 19.2 Å². The Bertz CT molecular complexity index is 1210. The van der Waals surface area contributed by atoms with Crippen LogP contribution in [0.1, 0.15) is 113 Å². The van der Waals surface area contributed by atoms with Crippen molar-refractivity contribution in [1.82, 2.24) is 10.4 Å². The van der Waals surface area contributed by atoms with E-state index in [0.29, 0.717) is 18.3 Å². The molecule has 0 saturated heterocycles. The van der Waals surface area contributed by atoms with Crippen LogP contribution in [0.4, 0.5) is 0 Å². The Labute approximate surface area is 254 Å². The third-order valence-corrected chi connectivity index (χ3v) is 14.2. The molecule has 42 heavy (non-hydrogen) atoms. The van der Waals surface area contributed by atoms with Gasteiger partial charge in [-0.2, -0.15) is 0 Å². The van der Waals surface area contributed by atoms with Crippen LogP contribution in [0.3, 0.4) is 0 Å². The van der Waals surface area contributed by atoms with Crippen molar-refractivity contribution in [2.75, 3.05) is 13.7 Å². The summed E-state index contributed by atoms with van der Waals surface area (Å²) in [6, 6.07) is 0.138. The van der Waals surface area contributed by atoms with Crippen LogP contribution in [0.15, 0.2) is 24.3 Å². The highest BCUT2D eigenvalue weighted by atomic mass is 16.7. The summed E-state index contributed by atoms with van der Waals surface area (Å²) in [4.78, 5) is 46.0. The minimum atomic E-state index is -0.532. The summed E-state index contributed by atoms with van der Waals surface area (Å²) < 4.78 is 0. The Hall–Kier alpha value is -1.95. The molecule has 4 saturated carbocycles. The number of nitrogens with one attached hydrogen (secondary N) is 1. The van der Waals surface area contributed by atoms with Gasteiger partial charge in [0.1, 0.15) is 0 Å². The van der Waals surface area contributed by atoms with E-state index < -0.39 is 5.41 Å². The summed E-state index contributed by atoms with van der Waals surface area (Å²) in [7, 11) is 1.71. The summed E-state index contributed by atoms with van der Waals surface area (Å²) in [5.41, 5.74) is 0.457. The zero-order chi connectivity index (χ0) is 31.1. The fraction of sp³-hybridized carbons (Fsp3) is 0.806. The fourth-order valence-electron chi connectivity index (χ4n) is 11.5. The standard InChI is InChI=1S/C36H56N2O4/c1-11-20-42-38(10)30(41)33(6)17-16-32(5)18-19-35(8)24(25(32)22-33)21-26(40)29-34(7)14-13-28(37-23(2)39)31(3,4)27(34)12-15-36(29,35)9/h11,21,25,27-29H,1,12-20,22H2,2-10H3,(H,37,39)/t25-,27?,28-,29+,32+,33-,34-,35+,36+/m0/s1. The molecule has 1 N–H and O–H groups in total. The van der Waals surface area contributed by atoms with Crippen molar-refractivity contribution in [1.29, 1.82) is 0 Å². The maximum atomic E-state index is 14.6. The summed E-state index contributed by atoms with van der Waals surface area (Å²) >= 11 is 0. The van der Waals surface area contributed by atoms with E-state index in [0.717, 1.165) is 57.8 Å². The van der Waals surface area contributed by atoms with Crippen LogP contribution in [0, 0.1) is 50.2 Å². The lowest BCUT2D eigenvalue weighted by molar-refractivity contribution is -0.195. The third-order valence-electron chi connectivity index (χ3n) is 14.2. The number of amides is 2. The molecule has 0 aromatic heterocycles. The van der Waals surface area contributed by atoms with Crippen LogP contribution in [-0.4, -0.2) is 42.4 Å². The molecule has 5 rings (SSSR count). The number of hydrogen-bond acceptors (Lipinski definition) is 4. The number of fused-ring (bicyclic) bond motifs is 7. The average molecular weight is 581 g/mol. The van der Waals surface area contributed by atoms with Gasteiger partial charge in [0.05, 0.1) is 6.61 Å². The molecule has 6 nitrogen and oxygen atoms in total. The maximum absolute atomic E-state index is 14.6. The number of carbonyl (C=O) groups excluding carboxylic acids is 3. The molecule has 0 radical (unpaired) electrons. The first-order valence-corrected chi connectivity index (χ1v) is 16.4. The van der Waals surface area contributed by atoms with Gasteiger partial charge in [-0.1, -0.05) is 60.1 Å². The molecule has 0 aromatic carbocycles. The summed E-state index contributed by atoms with van der Waals surface area (Å²) in [5.74, 6) is 0.900. The lowest BCUT2D eigenvalue weighted by Crippen LogP contribution is -2.67. The van der Waals surface area contributed by atoms with E-state index in [1.54, 1.807) is 20.0 Å². The minimum absolute atomic E-state index is 0.0247. The second-order valence-electron chi connectivity index (χ2n) is 16.8. The fourth-order valence-corrected chi connectivity index (χ4v) is 11.5. The van der Waals surface area contributed by atoms with Crippen molar-refractivity contribution < 1.29 is 19.2 Å². The van der Waals surface area contributed by atoms with Crippen molar-refractivity contribution >= 4 is 17.6 Å². The predicted molar refractivity (Wildman–Crippen MR) is 166 cm³/mol. The Morgan fingerprint density at radius 2 is 1.69 bits per heavy atom. The monoisotopic (exact) mass is 580 g/mol. The molecular formula is C36H56N2O4. The molecule has 0 bridgehead atoms. The lowest BCUT2D eigenvalue weighted by Gasteiger charge is -2.70. The number of nitrogens with zero attached hydrogens (tertiary/aromatic N) is 1. The topological polar surface area (TPSA) is 75.7 Å². The van der Waals surface area contributed by atoms with Crippen LogP contribution in [0.5, 0.6) is 0 Å². The molecule has 9 atom stereocenters. The molecule has 4 fully saturated rings. The lowest BCUT2D eigenvalue weighted by atomic mass is 9.33. The van der Waals surface area contributed by atoms with E-state index in [-0.39, 0.29) is 56.8 Å². The van der Waals surface area contributed by atoms with Gasteiger partial charge in [-0.05, 0) is 103 Å². The SMILES string of the molecule is C=CCON(C)C(=O)[C@@]1(C)CC[C@]2(C)CC[C@]3(C)C(=CC(=O)[C@@H]4[C@@]5(C)CC[C@H](NC(C)=O)C(C)(C)C5CC[C@]43C)[C@@H]2C1. The van der Waals surface area contributed by atoms with Gasteiger partial charge >= 0.3 is 0 Å². The van der Waals surface area contributed by atoms with Crippen LogP contribution in [-0.2, 0) is 19.2 Å². The zero-order valence-electron chi connectivity index (χ0n) is 27.8. The van der Waals surface area contributed by atoms with E-state index in [2.05, 4.69) is 66.4 Å². The number of hydroxylamine groups is 2. The largest absolute Gasteiger partial charge is 0.353 e. The quantitative estimate of drug-likeness (QED) is 0.279. The highest BCUT2D eigenvalue weighted by Crippen LogP contribution is 2.75. The minimum Gasteiger partial charge on any atom is -0.353 e. The first kappa shape index (κ1) is 31.5. The summed E-state index contributed by atoms with van der Waals surface area (Å²) in [6.07, 6.45) is 12.5. The van der Waals surface area contributed by atoms with E-state index in [4.69, 9.17) is 4.84 Å². The van der Waals surface area contributed by atoms with Crippen LogP contribution >= 0.6 is 0 Å². The Kier molecular flexibility index (Phi) is 7.52. The van der Waals surface area contributed by atoms with E-state index in [9.17, 15) is 14.4 Å². The number of ketones is 1. The van der Waals surface area contributed by atoms with Gasteiger partial charge in [0.15, 0.2) is 5.78 Å². The second kappa shape index (κ2) is 10.0. The van der Waals surface area contributed by atoms with Gasteiger partial charge in [0.2, 0.25) is 5.91 Å². The van der Waals surface area contributed by atoms with Gasteiger partial charge in [0.25, 0.3) is 5.91 Å². The smallest absolute Gasteiger partial charge is 0.251 e. The molecule has 2 amide bonds. The zero-order valence-corrected chi connectivity index (χ0v) is 27.8. The Morgan fingerprint density at radius 1 is 1.02 bits per heavy atom. The van der Waals surface area contributed by atoms with Crippen molar-refractivity contribution in [2.45, 2.75) is 119 Å². The molecule has 6 heteroatoms. The maximum Gasteiger partial charge on any atom is 0.251 e. The molecule has 0 aromatic rings. The van der Waals surface area contributed by atoms with Gasteiger partial charge < -0.3 is 5.32 Å². The van der Waals surface area contributed by atoms with E-state index in [1.165, 1.54) is 10.6 Å². The molecule has 5 aliphatic rings. The van der Waals surface area contributed by atoms with Crippen molar-refractivity contribution in [3.05, 3.63) is 24.3 Å². The first-order chi connectivity index (χ1) is 19.4. The van der Waals surface area contributed by atoms with Crippen molar-refractivity contribution in [2.24, 2.45) is 50.2 Å². The average Bonchev–Trinajstić information content (AvgIpc) is 2.90. The predicted octanol–water partition coefficient (Wildman–Crippen LogP) is 7.05. The highest BCUT2D eigenvalue weighted by Gasteiger charge is 2.70. The molecule has 0 aliphatic heterocycles. The van der Waals surface area contributed by atoms with E-state index in [1.807, 2.05) is 0 Å². The first-order valence-electron chi connectivity index (χ1n) is 16.4. The molecule has 0 heterocycles. The Morgan fingerprint density at radius 3 is 2.33 bits per heavy atom. The molecule has 5 aliphatic carbocycles. The second-order valence-corrected chi connectivity index (χ2v) is 16.8. The van der Waals surface area contributed by atoms with Crippen molar-refractivity contribution in [3.63, 3.8) is 0 Å². The molecule has 0 spiro atoms. The molecule has 234 valence electrons. The summed E-state index contributed by atoms with van der Waals surface area (Å²) in [6.45, 7) is 22.1. The molecule has 1 unspecified atom stereocenters. The van der Waals surface area contributed by atoms with Gasteiger partial charge in [-0.15, -0.1) is 6.58 Å². The van der Waals surface area contributed by atoms with Gasteiger partial charge in [-0.25, -0.2) is 5.06 Å². The number of hydrogen-bond donors (Lipinski definition) is 1. The summed E-state index contributed by atoms with van der Waals surface area (Å²) in [5, 5.41) is 4.67. The number of rotatable bonds is 5. The van der Waals surface area contributed by atoms with Crippen LogP contribution < -0.4 is 5.32 Å².